The van der Waals surface area contributed by atoms with Crippen LogP contribution in [0.25, 0.3) is 11.0 Å². The van der Waals surface area contributed by atoms with E-state index in [1.807, 2.05) is 24.5 Å². The molecule has 6 nitrogen and oxygen atoms in total. The summed E-state index contributed by atoms with van der Waals surface area (Å²) in [5, 5.41) is 3.58. The quantitative estimate of drug-likeness (QED) is 0.883. The molecule has 0 spiro atoms. The molecule has 2 aromatic rings. The number of piperidine rings is 2. The summed E-state index contributed by atoms with van der Waals surface area (Å²) in [6, 6.07) is 4.19. The summed E-state index contributed by atoms with van der Waals surface area (Å²) in [5.41, 5.74) is 1.50. The largest absolute Gasteiger partial charge is 0.352 e. The van der Waals surface area contributed by atoms with E-state index in [9.17, 15) is 9.59 Å². The fourth-order valence-electron chi connectivity index (χ4n) is 4.90. The molecule has 28 heavy (non-hydrogen) atoms. The van der Waals surface area contributed by atoms with Gasteiger partial charge in [0.25, 0.3) is 5.91 Å². The molecule has 2 fully saturated rings. The number of aryl methyl sites for hydroxylation is 2. The van der Waals surface area contributed by atoms with Crippen LogP contribution in [0.2, 0.25) is 0 Å². The van der Waals surface area contributed by atoms with Crippen LogP contribution in [0.1, 0.15) is 55.1 Å². The molecule has 1 amide bonds. The number of aromatic nitrogens is 2. The predicted molar refractivity (Wildman–Crippen MR) is 111 cm³/mol. The normalized spacial score (nSPS) is 22.8. The van der Waals surface area contributed by atoms with Gasteiger partial charge in [0.2, 0.25) is 5.43 Å². The molecule has 2 aliphatic heterocycles. The van der Waals surface area contributed by atoms with Crippen LogP contribution in [-0.2, 0) is 6.54 Å². The lowest BCUT2D eigenvalue weighted by atomic mass is 9.83. The average Bonchev–Trinajstić information content (AvgIpc) is 2.72. The number of nitrogens with zero attached hydrogens (tertiary/aromatic N) is 3. The molecular weight excluding hydrogens is 352 g/mol. The summed E-state index contributed by atoms with van der Waals surface area (Å²) in [5.74, 6) is 0.221. The van der Waals surface area contributed by atoms with Gasteiger partial charge in [0.05, 0.1) is 5.39 Å². The van der Waals surface area contributed by atoms with E-state index in [0.29, 0.717) is 36.1 Å². The van der Waals surface area contributed by atoms with Gasteiger partial charge in [0.15, 0.2) is 0 Å². The number of carbonyl (C=O) groups excluding carboxylic acids is 1. The Kier molecular flexibility index (Phi) is 5.49. The fourth-order valence-corrected chi connectivity index (χ4v) is 4.90. The van der Waals surface area contributed by atoms with Crippen LogP contribution in [-0.4, -0.2) is 46.0 Å². The van der Waals surface area contributed by atoms with Gasteiger partial charge in [0, 0.05) is 31.0 Å². The molecule has 2 aromatic heterocycles. The monoisotopic (exact) mass is 382 g/mol. The van der Waals surface area contributed by atoms with Crippen LogP contribution in [0.4, 0.5) is 0 Å². The minimum atomic E-state index is -0.261. The molecule has 2 saturated heterocycles. The maximum absolute atomic E-state index is 12.9. The van der Waals surface area contributed by atoms with Crippen LogP contribution in [0.15, 0.2) is 23.1 Å². The number of hydrogen-bond acceptors (Lipinski definition) is 4. The van der Waals surface area contributed by atoms with E-state index in [-0.39, 0.29) is 16.9 Å². The fraction of sp³-hybridized carbons (Fsp3) is 0.591. The first kappa shape index (κ1) is 19.1. The predicted octanol–water partition coefficient (Wildman–Crippen LogP) is 2.72. The van der Waals surface area contributed by atoms with Crippen molar-refractivity contribution in [3.8, 4) is 0 Å². The zero-order valence-electron chi connectivity index (χ0n) is 16.9. The van der Waals surface area contributed by atoms with Gasteiger partial charge in [-0.2, -0.15) is 0 Å². The van der Waals surface area contributed by atoms with Gasteiger partial charge in [-0.3, -0.25) is 9.59 Å². The van der Waals surface area contributed by atoms with Gasteiger partial charge in [-0.1, -0.05) is 6.42 Å². The molecule has 0 radical (unpaired) electrons. The third-order valence-corrected chi connectivity index (χ3v) is 6.40. The van der Waals surface area contributed by atoms with Crippen LogP contribution >= 0.6 is 0 Å². The van der Waals surface area contributed by atoms with E-state index in [2.05, 4.69) is 15.2 Å². The minimum absolute atomic E-state index is 0.219. The third-order valence-electron chi connectivity index (χ3n) is 6.40. The summed E-state index contributed by atoms with van der Waals surface area (Å²) in [6.07, 6.45) is 7.81. The standard InChI is InChI=1S/C22H30N4O2/c1-3-25-14-18(20(27)17-10-9-15(2)24-21(17)25)22(28)23-13-16-7-6-12-26-11-5-4-8-19(16)26/h9-10,14,16,19H,3-8,11-13H2,1-2H3,(H,23,28). The molecule has 2 unspecified atom stereocenters. The highest BCUT2D eigenvalue weighted by Crippen LogP contribution is 2.30. The SMILES string of the molecule is CCn1cc(C(=O)NCC2CCCN3CCCCC23)c(=O)c2ccc(C)nc21. The second kappa shape index (κ2) is 8.03. The van der Waals surface area contributed by atoms with E-state index < -0.39 is 0 Å². The van der Waals surface area contributed by atoms with Crippen molar-refractivity contribution in [2.24, 2.45) is 5.92 Å². The van der Waals surface area contributed by atoms with Gasteiger partial charge in [0.1, 0.15) is 11.2 Å². The molecule has 0 saturated carbocycles. The Hall–Kier alpha value is -2.21. The molecule has 0 bridgehead atoms. The Morgan fingerprint density at radius 1 is 1.21 bits per heavy atom. The van der Waals surface area contributed by atoms with Crippen molar-refractivity contribution in [2.75, 3.05) is 19.6 Å². The lowest BCUT2D eigenvalue weighted by Gasteiger charge is -2.44. The number of carbonyl (C=O) groups is 1. The van der Waals surface area contributed by atoms with Crippen molar-refractivity contribution in [1.29, 1.82) is 0 Å². The number of nitrogens with one attached hydrogen (secondary N) is 1. The van der Waals surface area contributed by atoms with Crippen molar-refractivity contribution in [3.63, 3.8) is 0 Å². The second-order valence-corrected chi connectivity index (χ2v) is 8.19. The molecule has 4 rings (SSSR count). The first-order valence-electron chi connectivity index (χ1n) is 10.6. The molecule has 150 valence electrons. The molecule has 0 aromatic carbocycles. The van der Waals surface area contributed by atoms with Crippen LogP contribution in [0, 0.1) is 12.8 Å². The Morgan fingerprint density at radius 3 is 2.86 bits per heavy atom. The number of pyridine rings is 2. The number of amides is 1. The summed E-state index contributed by atoms with van der Waals surface area (Å²) >= 11 is 0. The lowest BCUT2D eigenvalue weighted by molar-refractivity contribution is 0.0575. The Morgan fingerprint density at radius 2 is 2.04 bits per heavy atom. The molecule has 1 N–H and O–H groups in total. The van der Waals surface area contributed by atoms with Crippen molar-refractivity contribution >= 4 is 16.9 Å². The lowest BCUT2D eigenvalue weighted by Crippen LogP contribution is -2.51. The molecular formula is C22H30N4O2. The second-order valence-electron chi connectivity index (χ2n) is 8.19. The van der Waals surface area contributed by atoms with Crippen LogP contribution < -0.4 is 10.7 Å². The van der Waals surface area contributed by atoms with E-state index in [0.717, 1.165) is 12.1 Å². The Labute approximate surface area is 165 Å². The molecule has 4 heterocycles. The van der Waals surface area contributed by atoms with E-state index in [4.69, 9.17) is 0 Å². The summed E-state index contributed by atoms with van der Waals surface area (Å²) in [7, 11) is 0. The first-order valence-corrected chi connectivity index (χ1v) is 10.6. The Bertz CT molecular complexity index is 934. The van der Waals surface area contributed by atoms with Gasteiger partial charge in [-0.15, -0.1) is 0 Å². The van der Waals surface area contributed by atoms with Crippen molar-refractivity contribution < 1.29 is 4.79 Å². The number of fused-ring (bicyclic) bond motifs is 2. The van der Waals surface area contributed by atoms with Gasteiger partial charge in [-0.05, 0) is 70.7 Å². The molecule has 0 aliphatic carbocycles. The highest BCUT2D eigenvalue weighted by molar-refractivity contribution is 5.96. The van der Waals surface area contributed by atoms with E-state index in [1.165, 1.54) is 38.8 Å². The molecule has 2 aliphatic rings. The van der Waals surface area contributed by atoms with Crippen molar-refractivity contribution in [3.05, 3.63) is 39.8 Å². The third kappa shape index (κ3) is 3.58. The number of hydrogen-bond donors (Lipinski definition) is 1. The summed E-state index contributed by atoms with van der Waals surface area (Å²) in [6.45, 7) is 7.59. The smallest absolute Gasteiger partial charge is 0.256 e. The number of rotatable bonds is 4. The summed E-state index contributed by atoms with van der Waals surface area (Å²) < 4.78 is 1.89. The minimum Gasteiger partial charge on any atom is -0.352 e. The van der Waals surface area contributed by atoms with Gasteiger partial charge in [-0.25, -0.2) is 4.98 Å². The zero-order valence-corrected chi connectivity index (χ0v) is 16.9. The van der Waals surface area contributed by atoms with Gasteiger partial charge >= 0.3 is 0 Å². The van der Waals surface area contributed by atoms with Gasteiger partial charge < -0.3 is 14.8 Å². The van der Waals surface area contributed by atoms with E-state index in [1.54, 1.807) is 12.3 Å². The molecule has 2 atom stereocenters. The summed E-state index contributed by atoms with van der Waals surface area (Å²) in [4.78, 5) is 32.9. The maximum Gasteiger partial charge on any atom is 0.256 e. The van der Waals surface area contributed by atoms with Crippen molar-refractivity contribution in [1.82, 2.24) is 19.8 Å². The topological polar surface area (TPSA) is 67.2 Å². The highest BCUT2D eigenvalue weighted by atomic mass is 16.2. The Balaban J connectivity index is 1.55. The van der Waals surface area contributed by atoms with Crippen LogP contribution in [0.5, 0.6) is 0 Å². The molecule has 6 heteroatoms. The maximum atomic E-state index is 12.9. The van der Waals surface area contributed by atoms with Crippen molar-refractivity contribution in [2.45, 2.75) is 58.5 Å². The average molecular weight is 383 g/mol. The van der Waals surface area contributed by atoms with Crippen LogP contribution in [0.3, 0.4) is 0 Å². The first-order chi connectivity index (χ1) is 13.6. The van der Waals surface area contributed by atoms with E-state index >= 15 is 0 Å². The highest BCUT2D eigenvalue weighted by Gasteiger charge is 2.33. The zero-order chi connectivity index (χ0) is 19.7.